The molecule has 2 rings (SSSR count). The highest BCUT2D eigenvalue weighted by Gasteiger charge is 2.20. The number of rotatable bonds is 4. The van der Waals surface area contributed by atoms with Crippen LogP contribution in [0.5, 0.6) is 0 Å². The monoisotopic (exact) mass is 449 g/mol. The van der Waals surface area contributed by atoms with Gasteiger partial charge in [-0.15, -0.1) is 0 Å². The van der Waals surface area contributed by atoms with Crippen molar-refractivity contribution in [1.29, 1.82) is 0 Å². The highest BCUT2D eigenvalue weighted by atomic mass is 79.9. The Hall–Kier alpha value is -0.100. The summed E-state index contributed by atoms with van der Waals surface area (Å²) in [5, 5.41) is 3.50. The van der Waals surface area contributed by atoms with Crippen LogP contribution >= 0.6 is 47.8 Å². The molecule has 0 aliphatic rings. The van der Waals surface area contributed by atoms with Crippen molar-refractivity contribution in [3.63, 3.8) is 0 Å². The van der Waals surface area contributed by atoms with Crippen LogP contribution in [0.4, 0.5) is 0 Å². The number of hydrogen-bond donors (Lipinski definition) is 1. The average molecular weight is 452 g/mol. The number of furan rings is 1. The second kappa shape index (κ2) is 6.12. The summed E-state index contributed by atoms with van der Waals surface area (Å²) in [5.74, 6) is 0.893. The van der Waals surface area contributed by atoms with Gasteiger partial charge in [-0.1, -0.05) is 28.1 Å². The van der Waals surface area contributed by atoms with Crippen LogP contribution in [0.25, 0.3) is 0 Å². The predicted molar refractivity (Wildman–Crippen MR) is 88.1 cm³/mol. The Morgan fingerprint density at radius 3 is 2.26 bits per heavy atom. The molecule has 0 saturated carbocycles. The zero-order chi connectivity index (χ0) is 14.0. The van der Waals surface area contributed by atoms with E-state index in [0.29, 0.717) is 6.54 Å². The van der Waals surface area contributed by atoms with E-state index in [1.165, 1.54) is 5.56 Å². The molecule has 0 amide bonds. The van der Waals surface area contributed by atoms with Gasteiger partial charge < -0.3 is 9.73 Å². The fourth-order valence-corrected chi connectivity index (χ4v) is 2.68. The lowest BCUT2D eigenvalue weighted by Gasteiger charge is -2.26. The van der Waals surface area contributed by atoms with Gasteiger partial charge in [-0.05, 0) is 69.5 Å². The highest BCUT2D eigenvalue weighted by Crippen LogP contribution is 2.28. The van der Waals surface area contributed by atoms with Crippen LogP contribution in [0, 0.1) is 0 Å². The molecule has 0 unspecified atom stereocenters. The van der Waals surface area contributed by atoms with Gasteiger partial charge in [-0.3, -0.25) is 0 Å². The van der Waals surface area contributed by atoms with E-state index < -0.39 is 0 Å². The fraction of sp³-hybridized carbons (Fsp3) is 0.286. The molecule has 1 N–H and O–H groups in total. The van der Waals surface area contributed by atoms with Crippen LogP contribution in [0.3, 0.4) is 0 Å². The van der Waals surface area contributed by atoms with E-state index in [9.17, 15) is 0 Å². The lowest BCUT2D eigenvalue weighted by atomic mass is 9.94. The van der Waals surface area contributed by atoms with Crippen molar-refractivity contribution in [3.8, 4) is 0 Å². The molecule has 1 heterocycles. The summed E-state index contributed by atoms with van der Waals surface area (Å²) in [6, 6.07) is 10.3. The second-order valence-corrected chi connectivity index (χ2v) is 7.31. The third-order valence-corrected chi connectivity index (χ3v) is 5.21. The molecular weight excluding hydrogens is 438 g/mol. The maximum Gasteiger partial charge on any atom is 0.183 e. The van der Waals surface area contributed by atoms with E-state index in [2.05, 4.69) is 91.2 Å². The molecule has 0 saturated heterocycles. The molecular formula is C14H14Br3NO. The standard InChI is InChI=1S/C14H14Br3NO/c1-14(2,9-3-5-10(15)6-4-9)18-8-11-7-12(16)13(17)19-11/h3-7,18H,8H2,1-2H3. The van der Waals surface area contributed by atoms with Gasteiger partial charge in [-0.25, -0.2) is 0 Å². The van der Waals surface area contributed by atoms with Gasteiger partial charge in [0.15, 0.2) is 4.67 Å². The summed E-state index contributed by atoms with van der Waals surface area (Å²) in [6.07, 6.45) is 0. The van der Waals surface area contributed by atoms with Crippen LogP contribution in [0.2, 0.25) is 0 Å². The molecule has 5 heteroatoms. The molecule has 1 aromatic carbocycles. The normalized spacial score (nSPS) is 11.8. The number of halogens is 3. The Morgan fingerprint density at radius 2 is 1.74 bits per heavy atom. The first-order valence-corrected chi connectivity index (χ1v) is 8.21. The van der Waals surface area contributed by atoms with Crippen molar-refractivity contribution < 1.29 is 4.42 Å². The minimum atomic E-state index is -0.119. The third kappa shape index (κ3) is 3.94. The SMILES string of the molecule is CC(C)(NCc1cc(Br)c(Br)o1)c1ccc(Br)cc1. The molecule has 0 bridgehead atoms. The first kappa shape index (κ1) is 15.3. The molecule has 2 nitrogen and oxygen atoms in total. The van der Waals surface area contributed by atoms with Crippen molar-refractivity contribution >= 4 is 47.8 Å². The molecule has 0 radical (unpaired) electrons. The molecule has 0 atom stereocenters. The molecule has 0 spiro atoms. The molecule has 0 fully saturated rings. The van der Waals surface area contributed by atoms with Gasteiger partial charge in [0.05, 0.1) is 11.0 Å². The van der Waals surface area contributed by atoms with E-state index in [1.54, 1.807) is 0 Å². The van der Waals surface area contributed by atoms with E-state index in [1.807, 2.05) is 6.07 Å². The van der Waals surface area contributed by atoms with Gasteiger partial charge >= 0.3 is 0 Å². The molecule has 2 aromatic rings. The van der Waals surface area contributed by atoms with Crippen LogP contribution in [0.15, 0.2) is 48.4 Å². The van der Waals surface area contributed by atoms with Gasteiger partial charge in [0.1, 0.15) is 5.76 Å². The Bertz CT molecular complexity index is 541. The number of hydrogen-bond acceptors (Lipinski definition) is 2. The Morgan fingerprint density at radius 1 is 1.11 bits per heavy atom. The fourth-order valence-electron chi connectivity index (χ4n) is 1.76. The summed E-state index contributed by atoms with van der Waals surface area (Å²) >= 11 is 10.2. The summed E-state index contributed by atoms with van der Waals surface area (Å²) in [5.41, 5.74) is 1.12. The minimum Gasteiger partial charge on any atom is -0.452 e. The van der Waals surface area contributed by atoms with Crippen LogP contribution in [-0.4, -0.2) is 0 Å². The van der Waals surface area contributed by atoms with E-state index >= 15 is 0 Å². The second-order valence-electron chi connectivity index (χ2n) is 4.82. The number of benzene rings is 1. The Kier molecular flexibility index (Phi) is 4.93. The maximum atomic E-state index is 5.56. The zero-order valence-corrected chi connectivity index (χ0v) is 15.4. The van der Waals surface area contributed by atoms with Crippen LogP contribution in [-0.2, 0) is 12.1 Å². The van der Waals surface area contributed by atoms with Gasteiger partial charge in [-0.2, -0.15) is 0 Å². The first-order chi connectivity index (χ1) is 8.88. The third-order valence-electron chi connectivity index (χ3n) is 2.97. The van der Waals surface area contributed by atoms with Gasteiger partial charge in [0.2, 0.25) is 0 Å². The minimum absolute atomic E-state index is 0.119. The Labute approximate surface area is 138 Å². The first-order valence-electron chi connectivity index (χ1n) is 5.83. The topological polar surface area (TPSA) is 25.2 Å². The average Bonchev–Trinajstić information content (AvgIpc) is 2.67. The highest BCUT2D eigenvalue weighted by molar-refractivity contribution is 9.13. The molecule has 1 aromatic heterocycles. The smallest absolute Gasteiger partial charge is 0.183 e. The lowest BCUT2D eigenvalue weighted by Crippen LogP contribution is -2.35. The summed E-state index contributed by atoms with van der Waals surface area (Å²) in [4.78, 5) is 0. The van der Waals surface area contributed by atoms with Crippen molar-refractivity contribution in [2.45, 2.75) is 25.9 Å². The van der Waals surface area contributed by atoms with Crippen molar-refractivity contribution in [2.75, 3.05) is 0 Å². The molecule has 19 heavy (non-hydrogen) atoms. The van der Waals surface area contributed by atoms with Crippen molar-refractivity contribution in [3.05, 3.63) is 55.3 Å². The van der Waals surface area contributed by atoms with Crippen molar-refractivity contribution in [2.24, 2.45) is 0 Å². The summed E-state index contributed by atoms with van der Waals surface area (Å²) < 4.78 is 8.32. The quantitative estimate of drug-likeness (QED) is 0.655. The van der Waals surface area contributed by atoms with Gasteiger partial charge in [0, 0.05) is 10.0 Å². The van der Waals surface area contributed by atoms with Crippen molar-refractivity contribution in [1.82, 2.24) is 5.32 Å². The molecule has 0 aliphatic carbocycles. The van der Waals surface area contributed by atoms with Crippen LogP contribution < -0.4 is 5.32 Å². The van der Waals surface area contributed by atoms with E-state index in [4.69, 9.17) is 4.42 Å². The number of nitrogens with one attached hydrogen (secondary N) is 1. The predicted octanol–water partition coefficient (Wildman–Crippen LogP) is 5.59. The Balaban J connectivity index is 2.06. The largest absolute Gasteiger partial charge is 0.452 e. The lowest BCUT2D eigenvalue weighted by molar-refractivity contribution is 0.367. The van der Waals surface area contributed by atoms with Crippen LogP contribution in [0.1, 0.15) is 25.2 Å². The maximum absolute atomic E-state index is 5.56. The van der Waals surface area contributed by atoms with E-state index in [-0.39, 0.29) is 5.54 Å². The van der Waals surface area contributed by atoms with Gasteiger partial charge in [0.25, 0.3) is 0 Å². The van der Waals surface area contributed by atoms with E-state index in [0.717, 1.165) is 19.4 Å². The zero-order valence-electron chi connectivity index (χ0n) is 10.6. The molecule has 102 valence electrons. The molecule has 0 aliphatic heterocycles. The summed E-state index contributed by atoms with van der Waals surface area (Å²) in [6.45, 7) is 4.99. The summed E-state index contributed by atoms with van der Waals surface area (Å²) in [7, 11) is 0.